The summed E-state index contributed by atoms with van der Waals surface area (Å²) in [7, 11) is 0. The van der Waals surface area contributed by atoms with Gasteiger partial charge in [0.05, 0.1) is 0 Å². The van der Waals surface area contributed by atoms with Crippen molar-refractivity contribution in [1.29, 1.82) is 0 Å². The Labute approximate surface area is 67.8 Å². The zero-order valence-electron chi connectivity index (χ0n) is 6.79. The van der Waals surface area contributed by atoms with Crippen molar-refractivity contribution >= 4 is 11.6 Å². The fourth-order valence-electron chi connectivity index (χ4n) is 0.987. The molecule has 0 aromatic rings. The molecule has 0 unspecified atom stereocenters. The summed E-state index contributed by atoms with van der Waals surface area (Å²) in [6.45, 7) is 3.77. The fraction of sp³-hybridized carbons (Fsp3) is 1.00. The van der Waals surface area contributed by atoms with E-state index in [9.17, 15) is 4.39 Å². The average Bonchev–Trinajstić information content (AvgIpc) is 2.00. The van der Waals surface area contributed by atoms with Gasteiger partial charge in [-0.15, -0.1) is 11.6 Å². The van der Waals surface area contributed by atoms with E-state index >= 15 is 0 Å². The van der Waals surface area contributed by atoms with Gasteiger partial charge in [0.25, 0.3) is 0 Å². The van der Waals surface area contributed by atoms with E-state index in [-0.39, 0.29) is 0 Å². The predicted octanol–water partition coefficient (Wildman–Crippen LogP) is 3.53. The molecule has 0 saturated carbocycles. The van der Waals surface area contributed by atoms with E-state index in [2.05, 4.69) is 0 Å². The molecule has 2 heteroatoms. The number of hydrogen-bond acceptors (Lipinski definition) is 0. The van der Waals surface area contributed by atoms with Gasteiger partial charge in [-0.1, -0.05) is 13.8 Å². The molecule has 0 fully saturated rings. The first-order valence-electron chi connectivity index (χ1n) is 3.93. The maximum Gasteiger partial charge on any atom is 0.110 e. The molecule has 0 atom stereocenters. The topological polar surface area (TPSA) is 0 Å². The first-order valence-corrected chi connectivity index (χ1v) is 4.47. The van der Waals surface area contributed by atoms with Crippen LogP contribution in [0, 0.1) is 0 Å². The van der Waals surface area contributed by atoms with Crippen LogP contribution in [0.4, 0.5) is 4.39 Å². The Morgan fingerprint density at radius 3 is 2.10 bits per heavy atom. The molecule has 0 N–H and O–H groups in total. The normalized spacial score (nSPS) is 12.0. The fourth-order valence-corrected chi connectivity index (χ4v) is 1.12. The van der Waals surface area contributed by atoms with E-state index in [0.29, 0.717) is 25.1 Å². The smallest absolute Gasteiger partial charge is 0.110 e. The summed E-state index contributed by atoms with van der Waals surface area (Å²) in [5.74, 6) is 0.575. The maximum absolute atomic E-state index is 13.4. The molecule has 0 aromatic carbocycles. The highest BCUT2D eigenvalue weighted by Gasteiger charge is 2.23. The van der Waals surface area contributed by atoms with Crippen LogP contribution < -0.4 is 0 Å². The molecule has 0 nitrogen and oxygen atoms in total. The summed E-state index contributed by atoms with van der Waals surface area (Å²) in [5.41, 5.74) is -0.950. The van der Waals surface area contributed by atoms with Crippen LogP contribution in [0.2, 0.25) is 0 Å². The van der Waals surface area contributed by atoms with Crippen LogP contribution in [0.25, 0.3) is 0 Å². The second-order valence-corrected chi connectivity index (χ2v) is 3.03. The summed E-state index contributed by atoms with van der Waals surface area (Å²) in [5, 5.41) is 0. The Bertz CT molecular complexity index is 79.3. The van der Waals surface area contributed by atoms with Crippen LogP contribution in [0.1, 0.15) is 39.5 Å². The number of halogens is 2. The van der Waals surface area contributed by atoms with Crippen LogP contribution >= 0.6 is 11.6 Å². The van der Waals surface area contributed by atoms with Gasteiger partial charge in [-0.25, -0.2) is 4.39 Å². The third-order valence-electron chi connectivity index (χ3n) is 2.03. The highest BCUT2D eigenvalue weighted by molar-refractivity contribution is 6.17. The largest absolute Gasteiger partial charge is 0.244 e. The molecule has 0 aromatic heterocycles. The number of rotatable bonds is 5. The van der Waals surface area contributed by atoms with Crippen LogP contribution in [-0.2, 0) is 0 Å². The zero-order chi connectivity index (χ0) is 8.04. The van der Waals surface area contributed by atoms with E-state index < -0.39 is 5.67 Å². The Morgan fingerprint density at radius 1 is 1.30 bits per heavy atom. The van der Waals surface area contributed by atoms with Crippen LogP contribution in [0.15, 0.2) is 0 Å². The molecule has 0 aliphatic heterocycles. The van der Waals surface area contributed by atoms with Gasteiger partial charge in [0.15, 0.2) is 0 Å². The molecular weight excluding hydrogens is 151 g/mol. The predicted molar refractivity (Wildman–Crippen MR) is 44.4 cm³/mol. The van der Waals surface area contributed by atoms with Crippen LogP contribution in [-0.4, -0.2) is 11.5 Å². The molecule has 0 aliphatic carbocycles. The highest BCUT2D eigenvalue weighted by Crippen LogP contribution is 2.26. The van der Waals surface area contributed by atoms with E-state index in [1.54, 1.807) is 0 Å². The highest BCUT2D eigenvalue weighted by atomic mass is 35.5. The Hall–Kier alpha value is 0.220. The maximum atomic E-state index is 13.4. The van der Waals surface area contributed by atoms with E-state index in [4.69, 9.17) is 11.6 Å². The molecule has 0 bridgehead atoms. The van der Waals surface area contributed by atoms with Gasteiger partial charge in [-0.05, 0) is 25.7 Å². The third-order valence-corrected chi connectivity index (χ3v) is 2.29. The monoisotopic (exact) mass is 166 g/mol. The van der Waals surface area contributed by atoms with Crippen molar-refractivity contribution in [3.05, 3.63) is 0 Å². The second-order valence-electron chi connectivity index (χ2n) is 2.65. The van der Waals surface area contributed by atoms with Gasteiger partial charge < -0.3 is 0 Å². The van der Waals surface area contributed by atoms with Crippen molar-refractivity contribution in [2.75, 3.05) is 5.88 Å². The summed E-state index contributed by atoms with van der Waals surface area (Å²) >= 11 is 5.45. The number of hydrogen-bond donors (Lipinski definition) is 0. The average molecular weight is 167 g/mol. The Kier molecular flexibility index (Phi) is 5.06. The van der Waals surface area contributed by atoms with Crippen molar-refractivity contribution in [3.63, 3.8) is 0 Å². The minimum absolute atomic E-state index is 0.575. The van der Waals surface area contributed by atoms with Gasteiger partial charge in [0, 0.05) is 5.88 Å². The summed E-state index contributed by atoms with van der Waals surface area (Å²) < 4.78 is 13.4. The minimum Gasteiger partial charge on any atom is -0.244 e. The Morgan fingerprint density at radius 2 is 1.80 bits per heavy atom. The SMILES string of the molecule is CCC(F)(CC)CCCCl. The van der Waals surface area contributed by atoms with Crippen molar-refractivity contribution in [2.24, 2.45) is 0 Å². The lowest BCUT2D eigenvalue weighted by molar-refractivity contribution is 0.137. The lowest BCUT2D eigenvalue weighted by Gasteiger charge is -2.20. The van der Waals surface area contributed by atoms with Gasteiger partial charge in [0.1, 0.15) is 5.67 Å². The lowest BCUT2D eigenvalue weighted by Crippen LogP contribution is -2.20. The van der Waals surface area contributed by atoms with Crippen molar-refractivity contribution in [3.8, 4) is 0 Å². The van der Waals surface area contributed by atoms with Gasteiger partial charge in [0.2, 0.25) is 0 Å². The Balaban J connectivity index is 3.58. The molecule has 10 heavy (non-hydrogen) atoms. The number of alkyl halides is 2. The van der Waals surface area contributed by atoms with Crippen molar-refractivity contribution in [2.45, 2.75) is 45.2 Å². The molecule has 0 radical (unpaired) electrons. The van der Waals surface area contributed by atoms with Gasteiger partial charge in [-0.3, -0.25) is 0 Å². The molecule has 0 heterocycles. The first kappa shape index (κ1) is 10.2. The van der Waals surface area contributed by atoms with Crippen LogP contribution in [0.5, 0.6) is 0 Å². The molecule has 0 aliphatic rings. The van der Waals surface area contributed by atoms with E-state index in [1.165, 1.54) is 0 Å². The zero-order valence-corrected chi connectivity index (χ0v) is 7.55. The standard InChI is InChI=1S/C8H16ClF/c1-3-8(10,4-2)6-5-7-9/h3-7H2,1-2H3. The van der Waals surface area contributed by atoms with Crippen LogP contribution in [0.3, 0.4) is 0 Å². The summed E-state index contributed by atoms with van der Waals surface area (Å²) in [6, 6.07) is 0. The molecule has 0 rings (SSSR count). The quantitative estimate of drug-likeness (QED) is 0.549. The molecular formula is C8H16ClF. The lowest BCUT2D eigenvalue weighted by atomic mass is 9.94. The van der Waals surface area contributed by atoms with E-state index in [0.717, 1.165) is 6.42 Å². The molecule has 0 saturated heterocycles. The summed E-state index contributed by atoms with van der Waals surface area (Å²) in [4.78, 5) is 0. The minimum atomic E-state index is -0.950. The first-order chi connectivity index (χ1) is 4.68. The molecule has 0 spiro atoms. The van der Waals surface area contributed by atoms with E-state index in [1.807, 2.05) is 13.8 Å². The van der Waals surface area contributed by atoms with Crippen molar-refractivity contribution in [1.82, 2.24) is 0 Å². The molecule has 62 valence electrons. The summed E-state index contributed by atoms with van der Waals surface area (Å²) in [6.07, 6.45) is 2.63. The third kappa shape index (κ3) is 3.40. The van der Waals surface area contributed by atoms with Crippen molar-refractivity contribution < 1.29 is 4.39 Å². The molecule has 0 amide bonds. The van der Waals surface area contributed by atoms with Gasteiger partial charge >= 0.3 is 0 Å². The second kappa shape index (κ2) is 4.95. The van der Waals surface area contributed by atoms with Gasteiger partial charge in [-0.2, -0.15) is 0 Å².